The van der Waals surface area contributed by atoms with Gasteiger partial charge >= 0.3 is 6.09 Å². The smallest absolute Gasteiger partial charge is 0.408 e. The normalized spacial score (nSPS) is 11.6. The van der Waals surface area contributed by atoms with E-state index >= 15 is 0 Å². The second-order valence-corrected chi connectivity index (χ2v) is 3.83. The Kier molecular flexibility index (Phi) is 7.31. The first kappa shape index (κ1) is 15.2. The first-order chi connectivity index (χ1) is 9.26. The second-order valence-electron chi connectivity index (χ2n) is 3.83. The van der Waals surface area contributed by atoms with Gasteiger partial charge in [-0.1, -0.05) is 36.4 Å². The topological polar surface area (TPSA) is 56.8 Å². The third-order valence-corrected chi connectivity index (χ3v) is 2.30. The van der Waals surface area contributed by atoms with Crippen LogP contribution < -0.4 is 5.32 Å². The average molecular weight is 265 g/mol. The van der Waals surface area contributed by atoms with Gasteiger partial charge in [-0.05, 0) is 5.56 Å². The van der Waals surface area contributed by atoms with E-state index in [1.807, 2.05) is 30.3 Å². The van der Waals surface area contributed by atoms with E-state index in [4.69, 9.17) is 14.2 Å². The highest BCUT2D eigenvalue weighted by atomic mass is 16.7. The molecule has 1 amide bonds. The van der Waals surface area contributed by atoms with Crippen LogP contribution in [-0.2, 0) is 20.8 Å². The van der Waals surface area contributed by atoms with Crippen LogP contribution in [0, 0.1) is 0 Å². The standard InChI is InChI=1S/C14H19NO4/c1-3-13(10-18-11-17-2)15-14(16)19-9-12-7-5-4-6-8-12/h3-8,13H,1,9-11H2,2H3,(H,15,16)/t13-/m0/s1. The Hall–Kier alpha value is -1.85. The van der Waals surface area contributed by atoms with Crippen molar-refractivity contribution in [2.75, 3.05) is 20.5 Å². The molecular weight excluding hydrogens is 246 g/mol. The van der Waals surface area contributed by atoms with E-state index in [1.165, 1.54) is 7.11 Å². The number of amides is 1. The quantitative estimate of drug-likeness (QED) is 0.444. The number of benzene rings is 1. The molecule has 0 aliphatic rings. The number of nitrogens with one attached hydrogen (secondary N) is 1. The molecule has 1 rings (SSSR count). The van der Waals surface area contributed by atoms with Gasteiger partial charge in [0, 0.05) is 7.11 Å². The van der Waals surface area contributed by atoms with Crippen molar-refractivity contribution < 1.29 is 19.0 Å². The van der Waals surface area contributed by atoms with Gasteiger partial charge in [-0.3, -0.25) is 0 Å². The highest BCUT2D eigenvalue weighted by Crippen LogP contribution is 2.01. The molecule has 0 aliphatic heterocycles. The van der Waals surface area contributed by atoms with E-state index in [0.717, 1.165) is 5.56 Å². The molecule has 1 aromatic rings. The molecule has 19 heavy (non-hydrogen) atoms. The lowest BCUT2D eigenvalue weighted by atomic mass is 10.2. The average Bonchev–Trinajstić information content (AvgIpc) is 2.45. The molecule has 0 aliphatic carbocycles. The maximum absolute atomic E-state index is 11.6. The zero-order chi connectivity index (χ0) is 13.9. The molecule has 1 aromatic carbocycles. The van der Waals surface area contributed by atoms with Gasteiger partial charge < -0.3 is 19.5 Å². The molecule has 0 aromatic heterocycles. The Bertz CT molecular complexity index is 380. The summed E-state index contributed by atoms with van der Waals surface area (Å²) in [6.07, 6.45) is 1.08. The molecule has 0 radical (unpaired) electrons. The monoisotopic (exact) mass is 265 g/mol. The van der Waals surface area contributed by atoms with Crippen LogP contribution in [0.25, 0.3) is 0 Å². The van der Waals surface area contributed by atoms with Crippen molar-refractivity contribution in [2.24, 2.45) is 0 Å². The van der Waals surface area contributed by atoms with E-state index in [2.05, 4.69) is 11.9 Å². The number of ether oxygens (including phenoxy) is 3. The van der Waals surface area contributed by atoms with Gasteiger partial charge in [0.05, 0.1) is 12.6 Å². The summed E-state index contributed by atoms with van der Waals surface area (Å²) >= 11 is 0. The summed E-state index contributed by atoms with van der Waals surface area (Å²) in [5, 5.41) is 2.64. The number of rotatable bonds is 8. The minimum atomic E-state index is -0.505. The van der Waals surface area contributed by atoms with E-state index < -0.39 is 6.09 Å². The molecular formula is C14H19NO4. The lowest BCUT2D eigenvalue weighted by molar-refractivity contribution is -0.0342. The maximum Gasteiger partial charge on any atom is 0.408 e. The summed E-state index contributed by atoms with van der Waals surface area (Å²) in [6, 6.07) is 9.16. The second kappa shape index (κ2) is 9.13. The van der Waals surface area contributed by atoms with E-state index in [0.29, 0.717) is 0 Å². The fraction of sp³-hybridized carbons (Fsp3) is 0.357. The van der Waals surface area contributed by atoms with Crippen molar-refractivity contribution >= 4 is 6.09 Å². The number of hydrogen-bond acceptors (Lipinski definition) is 4. The summed E-state index contributed by atoms with van der Waals surface area (Å²) in [4.78, 5) is 11.6. The van der Waals surface area contributed by atoms with Crippen molar-refractivity contribution in [3.63, 3.8) is 0 Å². The van der Waals surface area contributed by atoms with Crippen molar-refractivity contribution in [3.8, 4) is 0 Å². The largest absolute Gasteiger partial charge is 0.445 e. The summed E-state index contributed by atoms with van der Waals surface area (Å²) < 4.78 is 15.0. The first-order valence-corrected chi connectivity index (χ1v) is 5.92. The number of methoxy groups -OCH3 is 1. The summed E-state index contributed by atoms with van der Waals surface area (Å²) in [5.41, 5.74) is 0.934. The predicted octanol–water partition coefficient (Wildman–Crippen LogP) is 2.09. The van der Waals surface area contributed by atoms with Crippen molar-refractivity contribution in [3.05, 3.63) is 48.6 Å². The van der Waals surface area contributed by atoms with Crippen LogP contribution in [0.5, 0.6) is 0 Å². The highest BCUT2D eigenvalue weighted by molar-refractivity contribution is 5.67. The molecule has 0 heterocycles. The molecule has 5 heteroatoms. The number of alkyl carbamates (subject to hydrolysis) is 1. The van der Waals surface area contributed by atoms with Crippen LogP contribution >= 0.6 is 0 Å². The van der Waals surface area contributed by atoms with Crippen LogP contribution in [0.2, 0.25) is 0 Å². The fourth-order valence-corrected chi connectivity index (χ4v) is 1.34. The third-order valence-electron chi connectivity index (χ3n) is 2.30. The fourth-order valence-electron chi connectivity index (χ4n) is 1.34. The minimum absolute atomic E-state index is 0.172. The Labute approximate surface area is 113 Å². The Morgan fingerprint density at radius 1 is 1.42 bits per heavy atom. The molecule has 1 N–H and O–H groups in total. The lowest BCUT2D eigenvalue weighted by Gasteiger charge is -2.14. The molecule has 0 fully saturated rings. The molecule has 1 atom stereocenters. The van der Waals surface area contributed by atoms with Crippen molar-refractivity contribution in [1.82, 2.24) is 5.32 Å². The Morgan fingerprint density at radius 2 is 2.16 bits per heavy atom. The summed E-state index contributed by atoms with van der Waals surface area (Å²) in [5.74, 6) is 0. The highest BCUT2D eigenvalue weighted by Gasteiger charge is 2.09. The summed E-state index contributed by atoms with van der Waals surface area (Å²) in [7, 11) is 1.53. The van der Waals surface area contributed by atoms with Gasteiger partial charge in [0.25, 0.3) is 0 Å². The zero-order valence-corrected chi connectivity index (χ0v) is 11.0. The third kappa shape index (κ3) is 6.59. The van der Waals surface area contributed by atoms with Crippen molar-refractivity contribution in [2.45, 2.75) is 12.6 Å². The van der Waals surface area contributed by atoms with Gasteiger partial charge in [0.15, 0.2) is 0 Å². The van der Waals surface area contributed by atoms with Crippen LogP contribution in [0.15, 0.2) is 43.0 Å². The van der Waals surface area contributed by atoms with E-state index in [1.54, 1.807) is 6.08 Å². The molecule has 0 saturated carbocycles. The molecule has 0 unspecified atom stereocenters. The van der Waals surface area contributed by atoms with Crippen LogP contribution in [0.1, 0.15) is 5.56 Å². The molecule has 5 nitrogen and oxygen atoms in total. The lowest BCUT2D eigenvalue weighted by Crippen LogP contribution is -2.37. The Balaban J connectivity index is 2.27. The van der Waals surface area contributed by atoms with Crippen LogP contribution in [-0.4, -0.2) is 32.6 Å². The van der Waals surface area contributed by atoms with Gasteiger partial charge in [-0.25, -0.2) is 4.79 Å². The predicted molar refractivity (Wildman–Crippen MR) is 71.6 cm³/mol. The molecule has 104 valence electrons. The minimum Gasteiger partial charge on any atom is -0.445 e. The van der Waals surface area contributed by atoms with Gasteiger partial charge in [0.1, 0.15) is 13.4 Å². The van der Waals surface area contributed by atoms with Gasteiger partial charge in [-0.15, -0.1) is 6.58 Å². The number of carbonyl (C=O) groups is 1. The Morgan fingerprint density at radius 3 is 2.79 bits per heavy atom. The van der Waals surface area contributed by atoms with E-state index in [9.17, 15) is 4.79 Å². The van der Waals surface area contributed by atoms with Crippen LogP contribution in [0.3, 0.4) is 0 Å². The SMILES string of the molecule is C=C[C@@H](COCOC)NC(=O)OCc1ccccc1. The summed E-state index contributed by atoms with van der Waals surface area (Å²) in [6.45, 7) is 4.31. The van der Waals surface area contributed by atoms with E-state index in [-0.39, 0.29) is 26.0 Å². The van der Waals surface area contributed by atoms with Gasteiger partial charge in [-0.2, -0.15) is 0 Å². The first-order valence-electron chi connectivity index (χ1n) is 5.92. The maximum atomic E-state index is 11.6. The number of carbonyl (C=O) groups excluding carboxylic acids is 1. The van der Waals surface area contributed by atoms with Crippen molar-refractivity contribution in [1.29, 1.82) is 0 Å². The zero-order valence-electron chi connectivity index (χ0n) is 11.0. The number of hydrogen-bond donors (Lipinski definition) is 1. The van der Waals surface area contributed by atoms with Crippen LogP contribution in [0.4, 0.5) is 4.79 Å². The molecule has 0 bridgehead atoms. The molecule has 0 spiro atoms. The van der Waals surface area contributed by atoms with Gasteiger partial charge in [0.2, 0.25) is 0 Å². The molecule has 0 saturated heterocycles.